The maximum atomic E-state index is 14.2. The van der Waals surface area contributed by atoms with Crippen LogP contribution in [0.25, 0.3) is 11.0 Å². The highest BCUT2D eigenvalue weighted by atomic mass is 16.5. The summed E-state index contributed by atoms with van der Waals surface area (Å²) in [6, 6.07) is 5.63. The minimum Gasteiger partial charge on any atom is -0.497 e. The molecule has 39 heavy (non-hydrogen) atoms. The maximum absolute atomic E-state index is 14.2. The lowest BCUT2D eigenvalue weighted by Gasteiger charge is -2.40. The number of piperidine rings is 1. The van der Waals surface area contributed by atoms with Gasteiger partial charge in [-0.15, -0.1) is 0 Å². The van der Waals surface area contributed by atoms with Crippen molar-refractivity contribution in [3.05, 3.63) is 24.0 Å². The van der Waals surface area contributed by atoms with E-state index >= 15 is 0 Å². The molecule has 1 N–H and O–H groups in total. The summed E-state index contributed by atoms with van der Waals surface area (Å²) < 4.78 is 18.1. The molecule has 4 rings (SSSR count). The topological polar surface area (TPSA) is 98.2 Å². The predicted octanol–water partition coefficient (Wildman–Crippen LogP) is 3.04. The Morgan fingerprint density at radius 2 is 1.95 bits per heavy atom. The molecule has 1 aromatic heterocycles. The van der Waals surface area contributed by atoms with Crippen LogP contribution in [0.2, 0.25) is 0 Å². The third-order valence-corrected chi connectivity index (χ3v) is 7.39. The Bertz CT molecular complexity index is 1080. The van der Waals surface area contributed by atoms with Crippen molar-refractivity contribution in [1.82, 2.24) is 24.7 Å². The normalized spacial score (nSPS) is 19.7. The first kappa shape index (κ1) is 30.8. The molecule has 1 aromatic carbocycles. The van der Waals surface area contributed by atoms with Gasteiger partial charge in [-0.25, -0.2) is 4.98 Å². The molecule has 2 saturated heterocycles. The third kappa shape index (κ3) is 7.49. The van der Waals surface area contributed by atoms with Crippen LogP contribution in [0.3, 0.4) is 0 Å². The molecule has 10 heteroatoms. The monoisotopic (exact) mass is 545 g/mol. The zero-order valence-corrected chi connectivity index (χ0v) is 23.3. The van der Waals surface area contributed by atoms with Crippen LogP contribution in [0, 0.1) is 11.8 Å². The van der Waals surface area contributed by atoms with Crippen molar-refractivity contribution in [1.29, 1.82) is 0 Å². The molecule has 3 heterocycles. The van der Waals surface area contributed by atoms with E-state index in [9.17, 15) is 9.59 Å². The highest BCUT2D eigenvalue weighted by Gasteiger charge is 2.36. The summed E-state index contributed by atoms with van der Waals surface area (Å²) in [5.41, 5.74) is 1.66. The van der Waals surface area contributed by atoms with Crippen LogP contribution in [0.1, 0.15) is 51.2 Å². The van der Waals surface area contributed by atoms with Crippen molar-refractivity contribution in [2.45, 2.75) is 53.1 Å². The number of fused-ring (bicyclic) bond motifs is 1. The first-order valence-electron chi connectivity index (χ1n) is 13.8. The molecule has 0 saturated carbocycles. The van der Waals surface area contributed by atoms with Crippen molar-refractivity contribution in [2.75, 3.05) is 66.8 Å². The summed E-state index contributed by atoms with van der Waals surface area (Å²) in [6.45, 7) is 9.88. The van der Waals surface area contributed by atoms with Gasteiger partial charge in [0, 0.05) is 65.1 Å². The first-order valence-corrected chi connectivity index (χ1v) is 13.8. The zero-order valence-electron chi connectivity index (χ0n) is 23.3. The van der Waals surface area contributed by atoms with Gasteiger partial charge in [-0.3, -0.25) is 9.59 Å². The predicted molar refractivity (Wildman–Crippen MR) is 152 cm³/mol. The molecule has 2 amide bonds. The number of morpholine rings is 1. The number of ether oxygens (including phenoxy) is 3. The van der Waals surface area contributed by atoms with Crippen molar-refractivity contribution >= 4 is 22.8 Å². The van der Waals surface area contributed by atoms with Crippen molar-refractivity contribution in [2.24, 2.45) is 11.8 Å². The van der Waals surface area contributed by atoms with Gasteiger partial charge >= 0.3 is 0 Å². The average Bonchev–Trinajstić information content (AvgIpc) is 3.31. The fourth-order valence-corrected chi connectivity index (χ4v) is 5.44. The fraction of sp³-hybridized carbons (Fsp3) is 0.690. The molecule has 0 unspecified atom stereocenters. The Hall–Kier alpha value is -2.69. The number of methoxy groups -OCH3 is 2. The second kappa shape index (κ2) is 14.6. The van der Waals surface area contributed by atoms with E-state index in [0.29, 0.717) is 71.3 Å². The van der Waals surface area contributed by atoms with Crippen LogP contribution in [0.5, 0.6) is 5.75 Å². The summed E-state index contributed by atoms with van der Waals surface area (Å²) in [7, 11) is 3.34. The van der Waals surface area contributed by atoms with E-state index < -0.39 is 0 Å². The minimum absolute atomic E-state index is 0. The van der Waals surface area contributed by atoms with E-state index in [1.165, 1.54) is 0 Å². The van der Waals surface area contributed by atoms with E-state index in [2.05, 4.69) is 19.2 Å². The smallest absolute Gasteiger partial charge is 0.290 e. The minimum atomic E-state index is -0.161. The molecule has 2 aliphatic rings. The highest BCUT2D eigenvalue weighted by molar-refractivity contribution is 5.95. The number of unbranched alkanes of at least 4 members (excludes halogenated alkanes) is 1. The number of hydrogen-bond donors (Lipinski definition) is 1. The number of imidazole rings is 1. The van der Waals surface area contributed by atoms with Crippen LogP contribution in [-0.4, -0.2) is 104 Å². The lowest BCUT2D eigenvalue weighted by molar-refractivity contribution is -0.140. The molecule has 2 aromatic rings. The van der Waals surface area contributed by atoms with Crippen LogP contribution in [-0.2, 0) is 20.8 Å². The second-order valence-corrected chi connectivity index (χ2v) is 10.7. The Labute approximate surface area is 233 Å². The molecule has 2 aliphatic heterocycles. The van der Waals surface area contributed by atoms with Crippen LogP contribution in [0.4, 0.5) is 0 Å². The molecule has 10 nitrogen and oxygen atoms in total. The number of nitrogens with one attached hydrogen (secondary N) is 1. The number of nitrogens with zero attached hydrogens (tertiary/aromatic N) is 4. The molecule has 218 valence electrons. The Kier molecular flexibility index (Phi) is 11.6. The van der Waals surface area contributed by atoms with Crippen LogP contribution < -0.4 is 10.1 Å². The number of hydrogen-bond acceptors (Lipinski definition) is 7. The number of benzene rings is 1. The van der Waals surface area contributed by atoms with Gasteiger partial charge in [0.1, 0.15) is 5.75 Å². The lowest BCUT2D eigenvalue weighted by Crippen LogP contribution is -2.56. The summed E-state index contributed by atoms with van der Waals surface area (Å²) >= 11 is 0. The van der Waals surface area contributed by atoms with Gasteiger partial charge in [0.2, 0.25) is 5.91 Å². The molecule has 0 aliphatic carbocycles. The second-order valence-electron chi connectivity index (χ2n) is 10.7. The van der Waals surface area contributed by atoms with Crippen molar-refractivity contribution in [3.8, 4) is 5.75 Å². The Morgan fingerprint density at radius 3 is 2.64 bits per heavy atom. The molecular formula is C29H47N5O5. The van der Waals surface area contributed by atoms with Gasteiger partial charge in [-0.05, 0) is 37.3 Å². The van der Waals surface area contributed by atoms with Gasteiger partial charge in [-0.2, -0.15) is 0 Å². The zero-order chi connectivity index (χ0) is 27.1. The first-order chi connectivity index (χ1) is 18.4. The molecule has 0 radical (unpaired) electrons. The van der Waals surface area contributed by atoms with E-state index in [0.717, 1.165) is 29.6 Å². The van der Waals surface area contributed by atoms with Crippen molar-refractivity contribution in [3.63, 3.8) is 0 Å². The molecule has 0 spiro atoms. The largest absolute Gasteiger partial charge is 0.497 e. The number of carbonyl (C=O) groups excluding carboxylic acids is 2. The number of aromatic nitrogens is 2. The average molecular weight is 546 g/mol. The number of rotatable bonds is 11. The number of amides is 2. The summed E-state index contributed by atoms with van der Waals surface area (Å²) in [4.78, 5) is 36.2. The molecule has 0 bridgehead atoms. The van der Waals surface area contributed by atoms with Crippen molar-refractivity contribution < 1.29 is 23.8 Å². The number of aryl methyl sites for hydroxylation is 1. The van der Waals surface area contributed by atoms with E-state index in [1.807, 2.05) is 32.6 Å². The van der Waals surface area contributed by atoms with Gasteiger partial charge in [0.25, 0.3) is 5.91 Å². The Morgan fingerprint density at radius 1 is 1.18 bits per heavy atom. The number of carbonyl (C=O) groups is 2. The fourth-order valence-electron chi connectivity index (χ4n) is 5.44. The Balaban J connectivity index is 0.00000420. The van der Waals surface area contributed by atoms with Gasteiger partial charge in [-0.1, -0.05) is 21.3 Å². The van der Waals surface area contributed by atoms with E-state index in [-0.39, 0.29) is 37.1 Å². The van der Waals surface area contributed by atoms with E-state index in [4.69, 9.17) is 19.2 Å². The quantitative estimate of drug-likeness (QED) is 0.434. The molecular weight excluding hydrogens is 498 g/mol. The standard InChI is InChI=1S/C28H43N5O5.CH4/c1-20(2)19-33(22-15-21(17-29-18-22)27(34)31-10-13-38-14-11-31)28(35)26-30-24-8-7-23(37-4)16-25(24)32(26)9-5-6-12-36-3;/h7-8,16,20-22,29H,5-6,9-15,17-19H2,1-4H3;1H4/t21-,22+;/m1./s1. The summed E-state index contributed by atoms with van der Waals surface area (Å²) in [5, 5.41) is 3.44. The van der Waals surface area contributed by atoms with Gasteiger partial charge in [0.05, 0.1) is 37.3 Å². The molecule has 2 fully saturated rings. The highest BCUT2D eigenvalue weighted by Crippen LogP contribution is 2.26. The third-order valence-electron chi connectivity index (χ3n) is 7.39. The van der Waals surface area contributed by atoms with Crippen LogP contribution in [0.15, 0.2) is 18.2 Å². The summed E-state index contributed by atoms with van der Waals surface area (Å²) in [5.74, 6) is 1.34. The van der Waals surface area contributed by atoms with Gasteiger partial charge < -0.3 is 33.9 Å². The maximum Gasteiger partial charge on any atom is 0.290 e. The van der Waals surface area contributed by atoms with Crippen LogP contribution >= 0.6 is 0 Å². The summed E-state index contributed by atoms with van der Waals surface area (Å²) in [6.07, 6.45) is 2.40. The SMILES string of the molecule is C.COCCCCn1c(C(=O)N(CC(C)C)[C@@H]2CNC[C@H](C(=O)N3CCOCC3)C2)nc2ccc(OC)cc21. The molecule has 2 atom stereocenters. The van der Waals surface area contributed by atoms with E-state index in [1.54, 1.807) is 14.2 Å². The lowest BCUT2D eigenvalue weighted by atomic mass is 9.92. The van der Waals surface area contributed by atoms with Gasteiger partial charge in [0.15, 0.2) is 5.82 Å².